The van der Waals surface area contributed by atoms with Crippen LogP contribution in [0.5, 0.6) is 0 Å². The lowest BCUT2D eigenvalue weighted by molar-refractivity contribution is 0.859. The average Bonchev–Trinajstić information content (AvgIpc) is 2.92. The van der Waals surface area contributed by atoms with Crippen molar-refractivity contribution >= 4 is 16.3 Å². The van der Waals surface area contributed by atoms with E-state index in [0.29, 0.717) is 0 Å². The van der Waals surface area contributed by atoms with Crippen molar-refractivity contribution in [1.82, 2.24) is 14.8 Å². The second-order valence-electron chi connectivity index (χ2n) is 4.50. The normalized spacial score (nSPS) is 11.2. The summed E-state index contributed by atoms with van der Waals surface area (Å²) >= 11 is 0. The van der Waals surface area contributed by atoms with Crippen LogP contribution in [0.3, 0.4) is 0 Å². The molecule has 90 valence electrons. The highest BCUT2D eigenvalue weighted by Crippen LogP contribution is 2.27. The zero-order valence-corrected chi connectivity index (χ0v) is 10.2. The quantitative estimate of drug-likeness (QED) is 0.513. The van der Waals surface area contributed by atoms with Crippen LogP contribution in [0, 0.1) is 0 Å². The van der Waals surface area contributed by atoms with E-state index in [0.717, 1.165) is 16.8 Å². The van der Waals surface area contributed by atoms with Crippen molar-refractivity contribution in [3.63, 3.8) is 0 Å². The minimum atomic E-state index is 0.928. The number of aromatic nitrogens is 3. The number of fused-ring (bicyclic) bond motifs is 3. The number of rotatable bonds is 1. The van der Waals surface area contributed by atoms with Gasteiger partial charge >= 0.3 is 0 Å². The highest BCUT2D eigenvalue weighted by molar-refractivity contribution is 6.01. The molecule has 0 amide bonds. The zero-order valence-electron chi connectivity index (χ0n) is 10.2. The first-order chi connectivity index (χ1) is 9.43. The number of nitrogens with zero attached hydrogens (tertiary/aromatic N) is 3. The van der Waals surface area contributed by atoms with Crippen LogP contribution in [0.1, 0.15) is 0 Å². The third-order valence-electron chi connectivity index (χ3n) is 3.35. The van der Waals surface area contributed by atoms with Gasteiger partial charge in [-0.1, -0.05) is 59.8 Å². The molecule has 0 fully saturated rings. The Morgan fingerprint density at radius 3 is 2.47 bits per heavy atom. The first kappa shape index (κ1) is 10.3. The van der Waals surface area contributed by atoms with Gasteiger partial charge in [-0.05, 0) is 11.5 Å². The van der Waals surface area contributed by atoms with Gasteiger partial charge in [0.05, 0.1) is 0 Å². The summed E-state index contributed by atoms with van der Waals surface area (Å²) < 4.78 is 1.84. The Morgan fingerprint density at radius 2 is 1.58 bits per heavy atom. The van der Waals surface area contributed by atoms with Crippen molar-refractivity contribution in [2.45, 2.75) is 0 Å². The fraction of sp³-hybridized carbons (Fsp3) is 0. The Labute approximate surface area is 110 Å². The highest BCUT2D eigenvalue weighted by atomic mass is 15.4. The fourth-order valence-corrected chi connectivity index (χ4v) is 2.45. The molecule has 0 spiro atoms. The van der Waals surface area contributed by atoms with Crippen LogP contribution in [0.2, 0.25) is 0 Å². The van der Waals surface area contributed by atoms with Gasteiger partial charge in [0.1, 0.15) is 11.2 Å². The van der Waals surface area contributed by atoms with Gasteiger partial charge in [0.15, 0.2) is 0 Å². The molecular formula is C16H11N3. The van der Waals surface area contributed by atoms with Gasteiger partial charge in [-0.3, -0.25) is 0 Å². The third-order valence-corrected chi connectivity index (χ3v) is 3.35. The van der Waals surface area contributed by atoms with Crippen LogP contribution in [-0.4, -0.2) is 14.8 Å². The maximum atomic E-state index is 4.33. The molecule has 4 aromatic rings. The van der Waals surface area contributed by atoms with Crippen LogP contribution in [0.15, 0.2) is 66.9 Å². The summed E-state index contributed by atoms with van der Waals surface area (Å²) in [6, 6.07) is 20.5. The Balaban J connectivity index is 2.15. The Kier molecular flexibility index (Phi) is 2.12. The van der Waals surface area contributed by atoms with Gasteiger partial charge in [0, 0.05) is 17.1 Å². The molecule has 3 heteroatoms. The number of pyridine rings is 1. The Morgan fingerprint density at radius 1 is 0.789 bits per heavy atom. The van der Waals surface area contributed by atoms with Crippen molar-refractivity contribution in [3.8, 4) is 11.3 Å². The van der Waals surface area contributed by atoms with E-state index in [-0.39, 0.29) is 0 Å². The van der Waals surface area contributed by atoms with Gasteiger partial charge in [0.25, 0.3) is 0 Å². The molecule has 0 bridgehead atoms. The standard InChI is InChI=1S/C16H11N3/c1-2-7-13(8-3-1)15-16-14-9-5-4-6-12(14)10-11-19(16)18-17-15/h1-11H. The predicted octanol–water partition coefficient (Wildman–Crippen LogP) is 3.55. The Bertz CT molecular complexity index is 863. The lowest BCUT2D eigenvalue weighted by Gasteiger charge is -2.02. The number of hydrogen-bond acceptors (Lipinski definition) is 2. The molecule has 0 aliphatic heterocycles. The number of benzene rings is 2. The van der Waals surface area contributed by atoms with Crippen LogP contribution in [-0.2, 0) is 0 Å². The van der Waals surface area contributed by atoms with Gasteiger partial charge < -0.3 is 0 Å². The zero-order chi connectivity index (χ0) is 12.7. The predicted molar refractivity (Wildman–Crippen MR) is 75.9 cm³/mol. The monoisotopic (exact) mass is 245 g/mol. The average molecular weight is 245 g/mol. The lowest BCUT2D eigenvalue weighted by Crippen LogP contribution is -1.87. The minimum Gasteiger partial charge on any atom is -0.219 e. The molecule has 2 aromatic heterocycles. The topological polar surface area (TPSA) is 30.2 Å². The summed E-state index contributed by atoms with van der Waals surface area (Å²) in [5.41, 5.74) is 3.08. The summed E-state index contributed by atoms with van der Waals surface area (Å²) in [5, 5.41) is 10.9. The summed E-state index contributed by atoms with van der Waals surface area (Å²) in [6.07, 6.45) is 1.96. The number of hydrogen-bond donors (Lipinski definition) is 0. The lowest BCUT2D eigenvalue weighted by atomic mass is 10.1. The molecule has 4 rings (SSSR count). The molecule has 0 atom stereocenters. The van der Waals surface area contributed by atoms with Gasteiger partial charge in [-0.15, -0.1) is 5.10 Å². The molecule has 0 saturated carbocycles. The minimum absolute atomic E-state index is 0.928. The first-order valence-electron chi connectivity index (χ1n) is 6.22. The second-order valence-corrected chi connectivity index (χ2v) is 4.50. The molecule has 0 unspecified atom stereocenters. The van der Waals surface area contributed by atoms with E-state index in [1.54, 1.807) is 0 Å². The smallest absolute Gasteiger partial charge is 0.121 e. The van der Waals surface area contributed by atoms with E-state index in [2.05, 4.69) is 40.6 Å². The molecule has 0 saturated heterocycles. The van der Waals surface area contributed by atoms with Gasteiger partial charge in [-0.25, -0.2) is 4.52 Å². The third kappa shape index (κ3) is 1.52. The maximum absolute atomic E-state index is 4.33. The van der Waals surface area contributed by atoms with E-state index >= 15 is 0 Å². The second kappa shape index (κ2) is 3.92. The molecule has 0 radical (unpaired) electrons. The molecule has 0 aliphatic carbocycles. The fourth-order valence-electron chi connectivity index (χ4n) is 2.45. The summed E-state index contributed by atoms with van der Waals surface area (Å²) in [7, 11) is 0. The molecule has 19 heavy (non-hydrogen) atoms. The summed E-state index contributed by atoms with van der Waals surface area (Å²) in [5.74, 6) is 0. The van der Waals surface area contributed by atoms with Crippen molar-refractivity contribution in [1.29, 1.82) is 0 Å². The highest BCUT2D eigenvalue weighted by Gasteiger charge is 2.11. The molecule has 0 aliphatic rings. The van der Waals surface area contributed by atoms with Gasteiger partial charge in [-0.2, -0.15) is 0 Å². The largest absolute Gasteiger partial charge is 0.219 e. The van der Waals surface area contributed by atoms with E-state index in [1.165, 1.54) is 10.8 Å². The molecule has 0 N–H and O–H groups in total. The summed E-state index contributed by atoms with van der Waals surface area (Å²) in [6.45, 7) is 0. The van der Waals surface area contributed by atoms with Crippen molar-refractivity contribution in [2.75, 3.05) is 0 Å². The SMILES string of the molecule is c1ccc(-c2nnn3ccc4ccccc4c23)cc1. The van der Waals surface area contributed by atoms with Crippen LogP contribution in [0.25, 0.3) is 27.5 Å². The van der Waals surface area contributed by atoms with E-state index in [1.807, 2.05) is 41.0 Å². The van der Waals surface area contributed by atoms with Crippen molar-refractivity contribution in [3.05, 3.63) is 66.9 Å². The van der Waals surface area contributed by atoms with E-state index in [4.69, 9.17) is 0 Å². The van der Waals surface area contributed by atoms with Gasteiger partial charge in [0.2, 0.25) is 0 Å². The first-order valence-corrected chi connectivity index (χ1v) is 6.22. The van der Waals surface area contributed by atoms with Crippen molar-refractivity contribution < 1.29 is 0 Å². The molecule has 2 aromatic carbocycles. The van der Waals surface area contributed by atoms with E-state index < -0.39 is 0 Å². The molecule has 2 heterocycles. The maximum Gasteiger partial charge on any atom is 0.121 e. The van der Waals surface area contributed by atoms with Crippen LogP contribution < -0.4 is 0 Å². The summed E-state index contributed by atoms with van der Waals surface area (Å²) in [4.78, 5) is 0. The molecule has 3 nitrogen and oxygen atoms in total. The van der Waals surface area contributed by atoms with Crippen molar-refractivity contribution in [2.24, 2.45) is 0 Å². The van der Waals surface area contributed by atoms with E-state index in [9.17, 15) is 0 Å². The van der Waals surface area contributed by atoms with Crippen LogP contribution >= 0.6 is 0 Å². The van der Waals surface area contributed by atoms with Crippen LogP contribution in [0.4, 0.5) is 0 Å². The Hall–Kier alpha value is -2.68. The molecular weight excluding hydrogens is 234 g/mol.